The van der Waals surface area contributed by atoms with Gasteiger partial charge in [-0.3, -0.25) is 9.59 Å². The normalized spacial score (nSPS) is 19.7. The summed E-state index contributed by atoms with van der Waals surface area (Å²) in [5.41, 5.74) is 0.460. The van der Waals surface area contributed by atoms with E-state index in [1.165, 1.54) is 12.5 Å². The maximum atomic E-state index is 12.1. The van der Waals surface area contributed by atoms with E-state index in [2.05, 4.69) is 29.1 Å². The number of amides is 2. The summed E-state index contributed by atoms with van der Waals surface area (Å²) in [6.45, 7) is 5.86. The molecular formula is C15H24N4O2. The summed E-state index contributed by atoms with van der Waals surface area (Å²) >= 11 is 0. The Labute approximate surface area is 125 Å². The van der Waals surface area contributed by atoms with Crippen molar-refractivity contribution in [2.45, 2.75) is 45.6 Å². The Bertz CT molecular complexity index is 470. The van der Waals surface area contributed by atoms with Gasteiger partial charge in [0.25, 0.3) is 5.91 Å². The second-order valence-corrected chi connectivity index (χ2v) is 6.03. The number of nitrogens with one attached hydrogen (secondary N) is 2. The number of hydrogen-bond acceptors (Lipinski definition) is 3. The minimum absolute atomic E-state index is 0.0498. The second-order valence-electron chi connectivity index (χ2n) is 6.03. The number of likely N-dealkylation sites (tertiary alicyclic amines) is 1. The predicted molar refractivity (Wildman–Crippen MR) is 79.7 cm³/mol. The van der Waals surface area contributed by atoms with Crippen LogP contribution in [0.4, 0.5) is 0 Å². The zero-order valence-corrected chi connectivity index (χ0v) is 12.8. The van der Waals surface area contributed by atoms with Crippen molar-refractivity contribution in [3.63, 3.8) is 0 Å². The van der Waals surface area contributed by atoms with Crippen LogP contribution in [0.15, 0.2) is 12.5 Å². The molecule has 116 valence electrons. The highest BCUT2D eigenvalue weighted by Crippen LogP contribution is 2.14. The molecular weight excluding hydrogens is 268 g/mol. The van der Waals surface area contributed by atoms with E-state index in [1.54, 1.807) is 0 Å². The average Bonchev–Trinajstić information content (AvgIpc) is 2.92. The lowest BCUT2D eigenvalue weighted by Gasteiger charge is -2.22. The van der Waals surface area contributed by atoms with Crippen LogP contribution in [0.1, 0.15) is 50.0 Å². The van der Waals surface area contributed by atoms with Gasteiger partial charge in [-0.15, -0.1) is 0 Å². The molecule has 2 amide bonds. The highest BCUT2D eigenvalue weighted by atomic mass is 16.2. The summed E-state index contributed by atoms with van der Waals surface area (Å²) in [4.78, 5) is 32.6. The van der Waals surface area contributed by atoms with E-state index in [9.17, 15) is 9.59 Å². The quantitative estimate of drug-likeness (QED) is 0.864. The smallest absolute Gasteiger partial charge is 0.269 e. The fourth-order valence-electron chi connectivity index (χ4n) is 2.47. The van der Waals surface area contributed by atoms with E-state index in [1.807, 2.05) is 4.90 Å². The molecule has 0 aromatic carbocycles. The maximum absolute atomic E-state index is 12.1. The first kappa shape index (κ1) is 15.5. The molecule has 1 aliphatic heterocycles. The standard InChI is InChI=1S/C15H24N4O2/c1-11(2)5-7-19-8-6-12(3-4-14(19)20)18-15(21)13-9-16-10-17-13/h9-12H,3-8H2,1-2H3,(H,16,17)(H,18,21). The summed E-state index contributed by atoms with van der Waals surface area (Å²) in [7, 11) is 0. The molecule has 0 saturated carbocycles. The summed E-state index contributed by atoms with van der Waals surface area (Å²) in [5.74, 6) is 0.645. The van der Waals surface area contributed by atoms with Gasteiger partial charge in [0.15, 0.2) is 0 Å². The van der Waals surface area contributed by atoms with E-state index in [0.717, 1.165) is 25.9 Å². The zero-order valence-electron chi connectivity index (χ0n) is 12.8. The largest absolute Gasteiger partial charge is 0.348 e. The molecule has 1 unspecified atom stereocenters. The third-order valence-electron chi connectivity index (χ3n) is 3.86. The molecule has 0 spiro atoms. The van der Waals surface area contributed by atoms with Crippen LogP contribution in [-0.4, -0.2) is 45.8 Å². The van der Waals surface area contributed by atoms with Gasteiger partial charge >= 0.3 is 0 Å². The molecule has 1 atom stereocenters. The minimum atomic E-state index is -0.152. The third-order valence-corrected chi connectivity index (χ3v) is 3.86. The van der Waals surface area contributed by atoms with Gasteiger partial charge in [0, 0.05) is 25.6 Å². The van der Waals surface area contributed by atoms with E-state index in [4.69, 9.17) is 0 Å². The number of carbonyl (C=O) groups excluding carboxylic acids is 2. The van der Waals surface area contributed by atoms with Gasteiger partial charge in [-0.2, -0.15) is 0 Å². The highest BCUT2D eigenvalue weighted by Gasteiger charge is 2.23. The topological polar surface area (TPSA) is 78.1 Å². The average molecular weight is 292 g/mol. The number of aromatic amines is 1. The molecule has 6 nitrogen and oxygen atoms in total. The van der Waals surface area contributed by atoms with Gasteiger partial charge in [0.1, 0.15) is 5.69 Å². The first-order chi connectivity index (χ1) is 10.1. The lowest BCUT2D eigenvalue weighted by atomic mass is 10.1. The molecule has 1 aromatic rings. The minimum Gasteiger partial charge on any atom is -0.348 e. The fourth-order valence-corrected chi connectivity index (χ4v) is 2.47. The van der Waals surface area contributed by atoms with Crippen LogP contribution >= 0.6 is 0 Å². The van der Waals surface area contributed by atoms with Gasteiger partial charge in [0.2, 0.25) is 5.91 Å². The Kier molecular flexibility index (Phi) is 5.36. The lowest BCUT2D eigenvalue weighted by Crippen LogP contribution is -2.36. The molecule has 1 aromatic heterocycles. The van der Waals surface area contributed by atoms with Crippen LogP contribution in [0, 0.1) is 5.92 Å². The molecule has 1 saturated heterocycles. The SMILES string of the molecule is CC(C)CCN1CCC(NC(=O)c2cnc[nH]2)CCC1=O. The number of rotatable bonds is 5. The first-order valence-corrected chi connectivity index (χ1v) is 7.63. The number of H-pyrrole nitrogens is 1. The second kappa shape index (κ2) is 7.24. The fraction of sp³-hybridized carbons (Fsp3) is 0.667. The molecule has 0 aliphatic carbocycles. The van der Waals surface area contributed by atoms with Crippen molar-refractivity contribution >= 4 is 11.8 Å². The van der Waals surface area contributed by atoms with Crippen molar-refractivity contribution in [3.05, 3.63) is 18.2 Å². The Morgan fingerprint density at radius 1 is 1.52 bits per heavy atom. The highest BCUT2D eigenvalue weighted by molar-refractivity contribution is 5.92. The van der Waals surface area contributed by atoms with Gasteiger partial charge in [0.05, 0.1) is 12.5 Å². The molecule has 21 heavy (non-hydrogen) atoms. The van der Waals surface area contributed by atoms with E-state index in [0.29, 0.717) is 24.5 Å². The van der Waals surface area contributed by atoms with E-state index >= 15 is 0 Å². The summed E-state index contributed by atoms with van der Waals surface area (Å²) in [6, 6.07) is 0.0498. The van der Waals surface area contributed by atoms with Crippen molar-refractivity contribution in [1.82, 2.24) is 20.2 Å². The van der Waals surface area contributed by atoms with Crippen LogP contribution < -0.4 is 5.32 Å². The summed E-state index contributed by atoms with van der Waals surface area (Å²) < 4.78 is 0. The molecule has 2 N–H and O–H groups in total. The van der Waals surface area contributed by atoms with Crippen LogP contribution in [0.3, 0.4) is 0 Å². The van der Waals surface area contributed by atoms with Crippen LogP contribution in [-0.2, 0) is 4.79 Å². The van der Waals surface area contributed by atoms with E-state index in [-0.39, 0.29) is 17.9 Å². The molecule has 1 fully saturated rings. The number of nitrogens with zero attached hydrogens (tertiary/aromatic N) is 2. The first-order valence-electron chi connectivity index (χ1n) is 7.63. The monoisotopic (exact) mass is 292 g/mol. The Morgan fingerprint density at radius 3 is 3.00 bits per heavy atom. The van der Waals surface area contributed by atoms with Gasteiger partial charge in [-0.25, -0.2) is 4.98 Å². The Hall–Kier alpha value is -1.85. The Balaban J connectivity index is 1.85. The summed E-state index contributed by atoms with van der Waals surface area (Å²) in [5, 5.41) is 2.98. The van der Waals surface area contributed by atoms with Gasteiger partial charge < -0.3 is 15.2 Å². The van der Waals surface area contributed by atoms with Crippen LogP contribution in [0.5, 0.6) is 0 Å². The molecule has 1 aliphatic rings. The Morgan fingerprint density at radius 2 is 2.33 bits per heavy atom. The van der Waals surface area contributed by atoms with Gasteiger partial charge in [-0.05, 0) is 25.2 Å². The molecule has 6 heteroatoms. The third kappa shape index (κ3) is 4.58. The lowest BCUT2D eigenvalue weighted by molar-refractivity contribution is -0.130. The molecule has 0 radical (unpaired) electrons. The van der Waals surface area contributed by atoms with Crippen molar-refractivity contribution in [2.24, 2.45) is 5.92 Å². The predicted octanol–water partition coefficient (Wildman–Crippen LogP) is 1.57. The molecule has 0 bridgehead atoms. The van der Waals surface area contributed by atoms with Crippen molar-refractivity contribution < 1.29 is 9.59 Å². The van der Waals surface area contributed by atoms with Crippen molar-refractivity contribution in [2.75, 3.05) is 13.1 Å². The zero-order chi connectivity index (χ0) is 15.2. The van der Waals surface area contributed by atoms with E-state index < -0.39 is 0 Å². The molecule has 2 heterocycles. The number of imidazole rings is 1. The van der Waals surface area contributed by atoms with Gasteiger partial charge in [-0.1, -0.05) is 13.8 Å². The summed E-state index contributed by atoms with van der Waals surface area (Å²) in [6.07, 6.45) is 6.04. The number of carbonyl (C=O) groups is 2. The van der Waals surface area contributed by atoms with Crippen LogP contribution in [0.25, 0.3) is 0 Å². The molecule has 2 rings (SSSR count). The van der Waals surface area contributed by atoms with Crippen molar-refractivity contribution in [3.8, 4) is 0 Å². The van der Waals surface area contributed by atoms with Crippen LogP contribution in [0.2, 0.25) is 0 Å². The number of aromatic nitrogens is 2. The maximum Gasteiger partial charge on any atom is 0.269 e. The van der Waals surface area contributed by atoms with Crippen molar-refractivity contribution in [1.29, 1.82) is 0 Å². The number of hydrogen-bond donors (Lipinski definition) is 2.